The highest BCUT2D eigenvalue weighted by Gasteiger charge is 2.19. The van der Waals surface area contributed by atoms with Crippen LogP contribution < -0.4 is 11.3 Å². The molecule has 0 radical (unpaired) electrons. The number of halogens is 2. The van der Waals surface area contributed by atoms with Crippen LogP contribution in [0.3, 0.4) is 0 Å². The van der Waals surface area contributed by atoms with Crippen molar-refractivity contribution in [3.8, 4) is 0 Å². The molecule has 7 heteroatoms. The second kappa shape index (κ2) is 7.21. The summed E-state index contributed by atoms with van der Waals surface area (Å²) in [5, 5.41) is 4.27. The van der Waals surface area contributed by atoms with Crippen molar-refractivity contribution in [2.45, 2.75) is 24.4 Å². The van der Waals surface area contributed by atoms with Gasteiger partial charge in [0.15, 0.2) is 0 Å². The van der Waals surface area contributed by atoms with Crippen LogP contribution in [-0.2, 0) is 6.54 Å². The van der Waals surface area contributed by atoms with E-state index in [1.807, 2.05) is 17.7 Å². The zero-order chi connectivity index (χ0) is 14.5. The topological polar surface area (TPSA) is 55.9 Å². The van der Waals surface area contributed by atoms with E-state index >= 15 is 0 Å². The molecular weight excluding hydrogens is 343 g/mol. The van der Waals surface area contributed by atoms with Gasteiger partial charge in [0.1, 0.15) is 5.82 Å². The number of hydrazine groups is 1. The SMILES string of the molecule is CCn1ncc(Br)c1C(CSc1ccccc1F)NN. The fraction of sp³-hybridized carbons (Fsp3) is 0.308. The van der Waals surface area contributed by atoms with Crippen molar-refractivity contribution in [3.63, 3.8) is 0 Å². The number of hydrogen-bond acceptors (Lipinski definition) is 4. The Labute approximate surface area is 130 Å². The van der Waals surface area contributed by atoms with Crippen LogP contribution in [0.25, 0.3) is 0 Å². The highest BCUT2D eigenvalue weighted by molar-refractivity contribution is 9.10. The maximum atomic E-state index is 13.6. The van der Waals surface area contributed by atoms with Crippen molar-refractivity contribution in [3.05, 3.63) is 46.4 Å². The Balaban J connectivity index is 2.13. The predicted octanol–water partition coefficient (Wildman–Crippen LogP) is 3.10. The average Bonchev–Trinajstić information content (AvgIpc) is 2.83. The number of thioether (sulfide) groups is 1. The molecule has 20 heavy (non-hydrogen) atoms. The minimum absolute atomic E-state index is 0.114. The lowest BCUT2D eigenvalue weighted by atomic mass is 10.2. The van der Waals surface area contributed by atoms with Crippen LogP contribution >= 0.6 is 27.7 Å². The normalized spacial score (nSPS) is 12.6. The first-order valence-corrected chi connectivity index (χ1v) is 7.99. The molecule has 2 aromatic rings. The van der Waals surface area contributed by atoms with E-state index in [-0.39, 0.29) is 11.9 Å². The number of benzene rings is 1. The molecule has 0 aliphatic rings. The summed E-state index contributed by atoms with van der Waals surface area (Å²) in [7, 11) is 0. The van der Waals surface area contributed by atoms with Crippen LogP contribution in [0.1, 0.15) is 18.7 Å². The van der Waals surface area contributed by atoms with Crippen molar-refractivity contribution in [1.29, 1.82) is 0 Å². The predicted molar refractivity (Wildman–Crippen MR) is 82.8 cm³/mol. The Hall–Kier alpha value is -0.890. The summed E-state index contributed by atoms with van der Waals surface area (Å²) in [6.45, 7) is 2.77. The molecule has 0 aliphatic heterocycles. The van der Waals surface area contributed by atoms with Crippen LogP contribution in [0, 0.1) is 5.82 Å². The van der Waals surface area contributed by atoms with Crippen molar-refractivity contribution >= 4 is 27.7 Å². The van der Waals surface area contributed by atoms with E-state index in [1.165, 1.54) is 17.8 Å². The third-order valence-corrected chi connectivity index (χ3v) is 4.66. The van der Waals surface area contributed by atoms with Crippen LogP contribution in [0.5, 0.6) is 0 Å². The minimum Gasteiger partial charge on any atom is -0.271 e. The molecule has 0 aliphatic carbocycles. The summed E-state index contributed by atoms with van der Waals surface area (Å²) in [6.07, 6.45) is 1.75. The summed E-state index contributed by atoms with van der Waals surface area (Å²) in [5.74, 6) is 6.04. The largest absolute Gasteiger partial charge is 0.271 e. The maximum absolute atomic E-state index is 13.6. The molecule has 1 atom stereocenters. The van der Waals surface area contributed by atoms with Gasteiger partial charge in [-0.25, -0.2) is 4.39 Å². The fourth-order valence-corrected chi connectivity index (χ4v) is 3.46. The minimum atomic E-state index is -0.212. The number of hydrogen-bond donors (Lipinski definition) is 2. The first-order valence-electron chi connectivity index (χ1n) is 6.22. The molecule has 0 amide bonds. The van der Waals surface area contributed by atoms with Crippen molar-refractivity contribution in [1.82, 2.24) is 15.2 Å². The number of aromatic nitrogens is 2. The summed E-state index contributed by atoms with van der Waals surface area (Å²) in [5.41, 5.74) is 3.75. The molecule has 4 nitrogen and oxygen atoms in total. The number of nitrogens with two attached hydrogens (primary N) is 1. The Morgan fingerprint density at radius 2 is 2.25 bits per heavy atom. The van der Waals surface area contributed by atoms with E-state index in [2.05, 4.69) is 26.5 Å². The van der Waals surface area contributed by atoms with Gasteiger partial charge in [-0.1, -0.05) is 12.1 Å². The van der Waals surface area contributed by atoms with Crippen molar-refractivity contribution < 1.29 is 4.39 Å². The molecule has 108 valence electrons. The van der Waals surface area contributed by atoms with Gasteiger partial charge in [0, 0.05) is 17.2 Å². The van der Waals surface area contributed by atoms with E-state index in [9.17, 15) is 4.39 Å². The van der Waals surface area contributed by atoms with Crippen LogP contribution in [0.2, 0.25) is 0 Å². The first kappa shape index (κ1) is 15.5. The maximum Gasteiger partial charge on any atom is 0.136 e. The van der Waals surface area contributed by atoms with Gasteiger partial charge >= 0.3 is 0 Å². The highest BCUT2D eigenvalue weighted by Crippen LogP contribution is 2.29. The highest BCUT2D eigenvalue weighted by atomic mass is 79.9. The molecule has 0 fully saturated rings. The first-order chi connectivity index (χ1) is 9.67. The summed E-state index contributed by atoms with van der Waals surface area (Å²) in [6, 6.07) is 6.61. The number of nitrogens with one attached hydrogen (secondary N) is 1. The van der Waals surface area contributed by atoms with Gasteiger partial charge in [0.05, 0.1) is 22.4 Å². The quantitative estimate of drug-likeness (QED) is 0.473. The lowest BCUT2D eigenvalue weighted by Crippen LogP contribution is -2.31. The zero-order valence-electron chi connectivity index (χ0n) is 11.0. The average molecular weight is 359 g/mol. The van der Waals surface area contributed by atoms with E-state index in [0.717, 1.165) is 16.7 Å². The zero-order valence-corrected chi connectivity index (χ0v) is 13.4. The van der Waals surface area contributed by atoms with Gasteiger partial charge in [-0.05, 0) is 35.0 Å². The Morgan fingerprint density at radius 3 is 2.90 bits per heavy atom. The molecule has 1 unspecified atom stereocenters. The Kier molecular flexibility index (Phi) is 5.59. The van der Waals surface area contributed by atoms with Crippen molar-refractivity contribution in [2.24, 2.45) is 5.84 Å². The molecule has 1 aromatic carbocycles. The monoisotopic (exact) mass is 358 g/mol. The van der Waals surface area contributed by atoms with Crippen molar-refractivity contribution in [2.75, 3.05) is 5.75 Å². The molecule has 0 spiro atoms. The van der Waals surface area contributed by atoms with Gasteiger partial charge in [0.25, 0.3) is 0 Å². The lowest BCUT2D eigenvalue weighted by molar-refractivity contribution is 0.525. The van der Waals surface area contributed by atoms with E-state index in [4.69, 9.17) is 5.84 Å². The smallest absolute Gasteiger partial charge is 0.136 e. The number of nitrogens with zero attached hydrogens (tertiary/aromatic N) is 2. The summed E-state index contributed by atoms with van der Waals surface area (Å²) < 4.78 is 16.4. The van der Waals surface area contributed by atoms with Crippen LogP contribution in [0.15, 0.2) is 39.8 Å². The molecule has 0 saturated carbocycles. The number of aryl methyl sites for hydroxylation is 1. The van der Waals surface area contributed by atoms with Gasteiger partial charge in [-0.15, -0.1) is 11.8 Å². The van der Waals surface area contributed by atoms with Gasteiger partial charge in [-0.2, -0.15) is 5.10 Å². The molecule has 0 saturated heterocycles. The number of rotatable bonds is 6. The van der Waals surface area contributed by atoms with E-state index in [1.54, 1.807) is 18.3 Å². The molecule has 1 aromatic heterocycles. The summed E-state index contributed by atoms with van der Waals surface area (Å²) in [4.78, 5) is 0.617. The standard InChI is InChI=1S/C13H16BrFN4S/c1-2-19-13(9(14)7-17-19)11(18-16)8-20-12-6-4-3-5-10(12)15/h3-7,11,18H,2,8,16H2,1H3. The molecular formula is C13H16BrFN4S. The van der Waals surface area contributed by atoms with Crippen LogP contribution in [0.4, 0.5) is 4.39 Å². The van der Waals surface area contributed by atoms with E-state index < -0.39 is 0 Å². The second-order valence-corrected chi connectivity index (χ2v) is 6.07. The van der Waals surface area contributed by atoms with Gasteiger partial charge < -0.3 is 0 Å². The van der Waals surface area contributed by atoms with Gasteiger partial charge in [0.2, 0.25) is 0 Å². The third-order valence-electron chi connectivity index (χ3n) is 2.91. The Bertz CT molecular complexity index is 575. The van der Waals surface area contributed by atoms with Gasteiger partial charge in [-0.3, -0.25) is 16.0 Å². The lowest BCUT2D eigenvalue weighted by Gasteiger charge is -2.17. The molecule has 2 rings (SSSR count). The van der Waals surface area contributed by atoms with E-state index in [0.29, 0.717) is 10.6 Å². The Morgan fingerprint density at radius 1 is 1.50 bits per heavy atom. The fourth-order valence-electron chi connectivity index (χ4n) is 1.91. The molecule has 0 bridgehead atoms. The molecule has 3 N–H and O–H groups in total. The summed E-state index contributed by atoms with van der Waals surface area (Å²) >= 11 is 4.90. The second-order valence-electron chi connectivity index (χ2n) is 4.15. The van der Waals surface area contributed by atoms with Crippen LogP contribution in [-0.4, -0.2) is 15.5 Å². The third kappa shape index (κ3) is 3.41. The molecule has 1 heterocycles.